The summed E-state index contributed by atoms with van der Waals surface area (Å²) in [7, 11) is 1.60. The number of nitrogens with zero attached hydrogens (tertiary/aromatic N) is 6. The largest absolute Gasteiger partial charge is 0.496 e. The first-order valence-corrected chi connectivity index (χ1v) is 12.3. The van der Waals surface area contributed by atoms with Gasteiger partial charge in [-0.05, 0) is 42.0 Å². The Kier molecular flexibility index (Phi) is 7.29. The number of pyridine rings is 1. The second-order valence-corrected chi connectivity index (χ2v) is 8.97. The molecular formula is C29H23ClN6O2. The molecule has 5 rings (SSSR count). The molecule has 0 atom stereocenters. The summed E-state index contributed by atoms with van der Waals surface area (Å²) in [5, 5.41) is 14.6. The molecule has 5 aromatic rings. The summed E-state index contributed by atoms with van der Waals surface area (Å²) in [6, 6.07) is 24.2. The summed E-state index contributed by atoms with van der Waals surface area (Å²) < 4.78 is 7.11. The molecule has 1 amide bonds. The molecule has 0 N–H and O–H groups in total. The number of hydrogen-bond acceptors (Lipinski definition) is 6. The van der Waals surface area contributed by atoms with Crippen LogP contribution in [0.15, 0.2) is 85.2 Å². The van der Waals surface area contributed by atoms with E-state index in [1.165, 1.54) is 0 Å². The molecule has 3 aromatic heterocycles. The quantitative estimate of drug-likeness (QED) is 0.260. The van der Waals surface area contributed by atoms with Crippen LogP contribution >= 0.6 is 11.6 Å². The molecule has 0 bridgehead atoms. The highest BCUT2D eigenvalue weighted by Gasteiger charge is 2.23. The molecule has 0 saturated carbocycles. The molecule has 38 heavy (non-hydrogen) atoms. The third-order valence-corrected chi connectivity index (χ3v) is 6.30. The summed E-state index contributed by atoms with van der Waals surface area (Å²) in [6.07, 6.45) is 3.58. The minimum Gasteiger partial charge on any atom is -0.496 e. The van der Waals surface area contributed by atoms with E-state index < -0.39 is 0 Å². The van der Waals surface area contributed by atoms with E-state index in [9.17, 15) is 10.1 Å². The maximum absolute atomic E-state index is 14.1. The normalized spacial score (nSPS) is 10.8. The number of benzene rings is 2. The monoisotopic (exact) mass is 522 g/mol. The van der Waals surface area contributed by atoms with Crippen LogP contribution in [0.2, 0.25) is 5.02 Å². The molecule has 9 heteroatoms. The summed E-state index contributed by atoms with van der Waals surface area (Å²) in [4.78, 5) is 24.7. The zero-order chi connectivity index (χ0) is 26.5. The van der Waals surface area contributed by atoms with Crippen LogP contribution < -0.4 is 4.74 Å². The molecule has 2 aromatic carbocycles. The van der Waals surface area contributed by atoms with Crippen molar-refractivity contribution in [3.05, 3.63) is 101 Å². The molecule has 0 fully saturated rings. The van der Waals surface area contributed by atoms with Gasteiger partial charge < -0.3 is 9.64 Å². The average molecular weight is 523 g/mol. The molecule has 0 unspecified atom stereocenters. The first-order valence-electron chi connectivity index (χ1n) is 11.9. The standard InChI is InChI=1S/C29H23ClN6O2/c1-38-27-8-3-2-7-23(27)25-16-26(29(37)35(15-5-13-31)19-20-6-4-14-32-18-20)36-28(33-25)17-24(34-36)21-9-11-22(30)12-10-21/h2-4,6-12,14,16-18H,5,15,19H2,1H3. The van der Waals surface area contributed by atoms with Crippen molar-refractivity contribution in [2.45, 2.75) is 13.0 Å². The number of para-hydroxylation sites is 1. The Balaban J connectivity index is 1.66. The molecule has 0 spiro atoms. The van der Waals surface area contributed by atoms with Crippen LogP contribution in [0.1, 0.15) is 22.5 Å². The lowest BCUT2D eigenvalue weighted by molar-refractivity contribution is 0.0738. The van der Waals surface area contributed by atoms with Crippen molar-refractivity contribution < 1.29 is 9.53 Å². The summed E-state index contributed by atoms with van der Waals surface area (Å²) >= 11 is 6.08. The third kappa shape index (κ3) is 5.19. The van der Waals surface area contributed by atoms with Crippen LogP contribution in [0.5, 0.6) is 5.75 Å². The number of aromatic nitrogens is 4. The zero-order valence-corrected chi connectivity index (χ0v) is 21.3. The van der Waals surface area contributed by atoms with Gasteiger partial charge in [-0.3, -0.25) is 9.78 Å². The lowest BCUT2D eigenvalue weighted by atomic mass is 10.1. The van der Waals surface area contributed by atoms with E-state index in [0.717, 1.165) is 16.7 Å². The minimum absolute atomic E-state index is 0.189. The van der Waals surface area contributed by atoms with Crippen LogP contribution in [-0.4, -0.2) is 44.0 Å². The van der Waals surface area contributed by atoms with Gasteiger partial charge in [-0.2, -0.15) is 10.4 Å². The van der Waals surface area contributed by atoms with Crippen LogP contribution in [-0.2, 0) is 6.54 Å². The minimum atomic E-state index is -0.279. The number of fused-ring (bicyclic) bond motifs is 1. The molecule has 8 nitrogen and oxygen atoms in total. The SMILES string of the molecule is COc1ccccc1-c1cc(C(=O)N(CCC#N)Cc2cccnc2)n2nc(-c3ccc(Cl)cc3)cc2n1. The van der Waals surface area contributed by atoms with E-state index in [-0.39, 0.29) is 18.9 Å². The number of halogens is 1. The number of methoxy groups -OCH3 is 1. The van der Waals surface area contributed by atoms with Gasteiger partial charge in [-0.15, -0.1) is 0 Å². The highest BCUT2D eigenvalue weighted by molar-refractivity contribution is 6.30. The highest BCUT2D eigenvalue weighted by Crippen LogP contribution is 2.31. The lowest BCUT2D eigenvalue weighted by Gasteiger charge is -2.22. The van der Waals surface area contributed by atoms with E-state index >= 15 is 0 Å². The van der Waals surface area contributed by atoms with Gasteiger partial charge in [0.2, 0.25) is 0 Å². The van der Waals surface area contributed by atoms with E-state index in [2.05, 4.69) is 11.1 Å². The van der Waals surface area contributed by atoms with E-state index in [1.807, 2.05) is 54.6 Å². The summed E-state index contributed by atoms with van der Waals surface area (Å²) in [5.74, 6) is 0.357. The maximum atomic E-state index is 14.1. The first kappa shape index (κ1) is 24.9. The van der Waals surface area contributed by atoms with Crippen molar-refractivity contribution in [3.8, 4) is 34.3 Å². The van der Waals surface area contributed by atoms with Crippen molar-refractivity contribution in [2.75, 3.05) is 13.7 Å². The van der Waals surface area contributed by atoms with Gasteiger partial charge in [0.15, 0.2) is 5.65 Å². The first-order chi connectivity index (χ1) is 18.6. The number of carbonyl (C=O) groups excluding carboxylic acids is 1. The Morgan fingerprint density at radius 3 is 2.63 bits per heavy atom. The fraction of sp³-hybridized carbons (Fsp3) is 0.138. The van der Waals surface area contributed by atoms with Gasteiger partial charge >= 0.3 is 0 Å². The average Bonchev–Trinajstić information content (AvgIpc) is 3.39. The zero-order valence-electron chi connectivity index (χ0n) is 20.6. The van der Waals surface area contributed by atoms with Gasteiger partial charge in [0, 0.05) is 47.7 Å². The van der Waals surface area contributed by atoms with Crippen molar-refractivity contribution >= 4 is 23.2 Å². The predicted octanol–water partition coefficient (Wildman–Crippen LogP) is 5.68. The highest BCUT2D eigenvalue weighted by atomic mass is 35.5. The van der Waals surface area contributed by atoms with Crippen molar-refractivity contribution in [3.63, 3.8) is 0 Å². The van der Waals surface area contributed by atoms with Crippen molar-refractivity contribution in [1.29, 1.82) is 5.26 Å². The molecule has 0 radical (unpaired) electrons. The number of rotatable bonds is 8. The van der Waals surface area contributed by atoms with Gasteiger partial charge in [-0.1, -0.05) is 41.9 Å². The number of amides is 1. The molecule has 0 aliphatic heterocycles. The Hall–Kier alpha value is -4.74. The number of hydrogen-bond donors (Lipinski definition) is 0. The molecular weight excluding hydrogens is 500 g/mol. The van der Waals surface area contributed by atoms with Crippen LogP contribution in [0.3, 0.4) is 0 Å². The van der Waals surface area contributed by atoms with Crippen molar-refractivity contribution in [2.24, 2.45) is 0 Å². The van der Waals surface area contributed by atoms with Crippen LogP contribution in [0.25, 0.3) is 28.2 Å². The maximum Gasteiger partial charge on any atom is 0.273 e. The fourth-order valence-corrected chi connectivity index (χ4v) is 4.32. The van der Waals surface area contributed by atoms with Crippen LogP contribution in [0, 0.1) is 11.3 Å². The number of carbonyl (C=O) groups is 1. The third-order valence-electron chi connectivity index (χ3n) is 6.05. The smallest absolute Gasteiger partial charge is 0.273 e. The van der Waals surface area contributed by atoms with E-state index in [4.69, 9.17) is 26.4 Å². The summed E-state index contributed by atoms with van der Waals surface area (Å²) in [6.45, 7) is 0.552. The van der Waals surface area contributed by atoms with Gasteiger partial charge in [0.05, 0.1) is 31.0 Å². The Labute approximate surface area is 224 Å². The second-order valence-electron chi connectivity index (χ2n) is 8.53. The Morgan fingerprint density at radius 2 is 1.89 bits per heavy atom. The van der Waals surface area contributed by atoms with Crippen LogP contribution in [0.4, 0.5) is 0 Å². The number of nitriles is 1. The van der Waals surface area contributed by atoms with E-state index in [0.29, 0.717) is 40.0 Å². The molecule has 3 heterocycles. The molecule has 0 aliphatic rings. The fourth-order valence-electron chi connectivity index (χ4n) is 4.19. The summed E-state index contributed by atoms with van der Waals surface area (Å²) in [5.41, 5.74) is 4.49. The van der Waals surface area contributed by atoms with Gasteiger partial charge in [-0.25, -0.2) is 9.50 Å². The van der Waals surface area contributed by atoms with Gasteiger partial charge in [0.1, 0.15) is 11.4 Å². The van der Waals surface area contributed by atoms with Gasteiger partial charge in [0.25, 0.3) is 5.91 Å². The Bertz CT molecular complexity index is 1630. The van der Waals surface area contributed by atoms with E-state index in [1.54, 1.807) is 47.1 Å². The second kappa shape index (κ2) is 11.1. The van der Waals surface area contributed by atoms with Crippen molar-refractivity contribution in [1.82, 2.24) is 24.5 Å². The topological polar surface area (TPSA) is 96.4 Å². The predicted molar refractivity (Wildman–Crippen MR) is 145 cm³/mol. The molecule has 0 saturated heterocycles. The molecule has 188 valence electrons. The number of ether oxygens (including phenoxy) is 1. The lowest BCUT2D eigenvalue weighted by Crippen LogP contribution is -2.33. The molecule has 0 aliphatic carbocycles. The Morgan fingerprint density at radius 1 is 1.08 bits per heavy atom.